The first-order valence-corrected chi connectivity index (χ1v) is 9.71. The van der Waals surface area contributed by atoms with Gasteiger partial charge in [0.2, 0.25) is 5.88 Å². The van der Waals surface area contributed by atoms with Crippen LogP contribution >= 0.6 is 11.3 Å². The Hall–Kier alpha value is -2.47. The molecule has 2 heterocycles. The number of benzene rings is 1. The number of hydrogen-bond acceptors (Lipinski definition) is 6. The fraction of sp³-hybridized carbons (Fsp3) is 0.350. The fourth-order valence-corrected chi connectivity index (χ4v) is 4.61. The minimum Gasteiger partial charge on any atom is -0.462 e. The van der Waals surface area contributed by atoms with E-state index in [1.54, 1.807) is 36.5 Å². The predicted molar refractivity (Wildman–Crippen MR) is 101 cm³/mol. The van der Waals surface area contributed by atoms with Gasteiger partial charge < -0.3 is 9.47 Å². The summed E-state index contributed by atoms with van der Waals surface area (Å²) >= 11 is 1.75. The van der Waals surface area contributed by atoms with E-state index in [1.165, 1.54) is 23.3 Å². The number of esters is 1. The maximum atomic E-state index is 12.0. The molecule has 26 heavy (non-hydrogen) atoms. The van der Waals surface area contributed by atoms with Gasteiger partial charge in [-0.05, 0) is 63.3 Å². The molecule has 0 fully saturated rings. The van der Waals surface area contributed by atoms with Crippen LogP contribution in [0.4, 0.5) is 0 Å². The van der Waals surface area contributed by atoms with Gasteiger partial charge in [0.05, 0.1) is 17.6 Å². The van der Waals surface area contributed by atoms with Crippen molar-refractivity contribution in [3.8, 4) is 11.6 Å². The van der Waals surface area contributed by atoms with E-state index < -0.39 is 0 Å². The van der Waals surface area contributed by atoms with Crippen LogP contribution < -0.4 is 4.74 Å². The SMILES string of the molecule is CCOC(=O)c1cccc(Oc2nc(C)nc3sc4c(c23)CCCC4)c1. The van der Waals surface area contributed by atoms with Crippen molar-refractivity contribution >= 4 is 27.5 Å². The minimum atomic E-state index is -0.352. The normalized spacial score (nSPS) is 13.5. The van der Waals surface area contributed by atoms with E-state index >= 15 is 0 Å². The zero-order valence-corrected chi connectivity index (χ0v) is 15.7. The molecule has 2 aromatic heterocycles. The number of hydrogen-bond donors (Lipinski definition) is 0. The molecule has 0 bridgehead atoms. The highest BCUT2D eigenvalue weighted by molar-refractivity contribution is 7.18. The van der Waals surface area contributed by atoms with Crippen molar-refractivity contribution in [3.05, 3.63) is 46.1 Å². The highest BCUT2D eigenvalue weighted by Gasteiger charge is 2.22. The van der Waals surface area contributed by atoms with Crippen LogP contribution in [0.1, 0.15) is 46.4 Å². The number of ether oxygens (including phenoxy) is 2. The first kappa shape index (κ1) is 17.0. The standard InChI is InChI=1S/C20H20N2O3S/c1-3-24-20(23)13-7-6-8-14(11-13)25-18-17-15-9-4-5-10-16(15)26-19(17)22-12(2)21-18/h6-8,11H,3-5,9-10H2,1-2H3. The van der Waals surface area contributed by atoms with Gasteiger partial charge in [-0.15, -0.1) is 11.3 Å². The Kier molecular flexibility index (Phi) is 4.59. The number of carbonyl (C=O) groups excluding carboxylic acids is 1. The third kappa shape index (κ3) is 3.17. The average Bonchev–Trinajstić information content (AvgIpc) is 3.00. The number of aryl methyl sites for hydroxylation is 3. The topological polar surface area (TPSA) is 61.3 Å². The van der Waals surface area contributed by atoms with E-state index in [4.69, 9.17) is 9.47 Å². The zero-order chi connectivity index (χ0) is 18.1. The smallest absolute Gasteiger partial charge is 0.338 e. The van der Waals surface area contributed by atoms with Crippen molar-refractivity contribution in [1.82, 2.24) is 9.97 Å². The second-order valence-electron chi connectivity index (χ2n) is 6.32. The summed E-state index contributed by atoms with van der Waals surface area (Å²) in [5.41, 5.74) is 1.80. The van der Waals surface area contributed by atoms with Crippen molar-refractivity contribution in [1.29, 1.82) is 0 Å². The van der Waals surface area contributed by atoms with Gasteiger partial charge in [0.15, 0.2) is 0 Å². The Balaban J connectivity index is 1.74. The number of thiophene rings is 1. The summed E-state index contributed by atoms with van der Waals surface area (Å²) in [5.74, 6) is 1.49. The van der Waals surface area contributed by atoms with E-state index in [0.29, 0.717) is 29.6 Å². The van der Waals surface area contributed by atoms with Crippen LogP contribution in [0.15, 0.2) is 24.3 Å². The molecule has 0 amide bonds. The van der Waals surface area contributed by atoms with Gasteiger partial charge in [0.1, 0.15) is 16.4 Å². The van der Waals surface area contributed by atoms with Gasteiger partial charge >= 0.3 is 5.97 Å². The molecule has 0 unspecified atom stereocenters. The average molecular weight is 368 g/mol. The summed E-state index contributed by atoms with van der Waals surface area (Å²) in [6, 6.07) is 7.03. The summed E-state index contributed by atoms with van der Waals surface area (Å²) in [7, 11) is 0. The number of carbonyl (C=O) groups is 1. The summed E-state index contributed by atoms with van der Waals surface area (Å²) in [4.78, 5) is 23.5. The van der Waals surface area contributed by atoms with E-state index in [2.05, 4.69) is 9.97 Å². The molecule has 5 nitrogen and oxygen atoms in total. The second kappa shape index (κ2) is 7.03. The third-order valence-corrected chi connectivity index (χ3v) is 5.64. The van der Waals surface area contributed by atoms with Crippen LogP contribution in [-0.2, 0) is 17.6 Å². The van der Waals surface area contributed by atoms with E-state index in [0.717, 1.165) is 23.1 Å². The van der Waals surface area contributed by atoms with E-state index in [9.17, 15) is 4.79 Å². The Morgan fingerprint density at radius 2 is 2.08 bits per heavy atom. The molecule has 0 spiro atoms. The Morgan fingerprint density at radius 3 is 2.92 bits per heavy atom. The van der Waals surface area contributed by atoms with Gasteiger partial charge in [0.25, 0.3) is 0 Å². The van der Waals surface area contributed by atoms with Crippen molar-refractivity contribution in [3.63, 3.8) is 0 Å². The molecule has 4 rings (SSSR count). The molecular formula is C20H20N2O3S. The highest BCUT2D eigenvalue weighted by atomic mass is 32.1. The van der Waals surface area contributed by atoms with Gasteiger partial charge in [-0.1, -0.05) is 6.07 Å². The lowest BCUT2D eigenvalue weighted by Gasteiger charge is -2.12. The lowest BCUT2D eigenvalue weighted by molar-refractivity contribution is 0.0526. The molecule has 0 radical (unpaired) electrons. The number of fused-ring (bicyclic) bond motifs is 3. The summed E-state index contributed by atoms with van der Waals surface area (Å²) < 4.78 is 11.2. The largest absolute Gasteiger partial charge is 0.462 e. The number of rotatable bonds is 4. The molecule has 0 atom stereocenters. The third-order valence-electron chi connectivity index (χ3n) is 4.45. The van der Waals surface area contributed by atoms with Gasteiger partial charge in [0, 0.05) is 4.88 Å². The lowest BCUT2D eigenvalue weighted by atomic mass is 9.97. The molecule has 1 aliphatic carbocycles. The van der Waals surface area contributed by atoms with E-state index in [1.807, 2.05) is 13.0 Å². The molecule has 6 heteroatoms. The van der Waals surface area contributed by atoms with Crippen LogP contribution in [0.5, 0.6) is 11.6 Å². The van der Waals surface area contributed by atoms with Crippen molar-refractivity contribution in [2.24, 2.45) is 0 Å². The summed E-state index contributed by atoms with van der Waals surface area (Å²) in [6.45, 7) is 4.01. The first-order valence-electron chi connectivity index (χ1n) is 8.89. The maximum absolute atomic E-state index is 12.0. The molecular weight excluding hydrogens is 348 g/mol. The molecule has 3 aromatic rings. The molecule has 0 saturated heterocycles. The van der Waals surface area contributed by atoms with Crippen LogP contribution in [-0.4, -0.2) is 22.5 Å². The number of aromatic nitrogens is 2. The fourth-order valence-electron chi connectivity index (χ4n) is 3.31. The molecule has 0 saturated carbocycles. The van der Waals surface area contributed by atoms with E-state index in [-0.39, 0.29) is 5.97 Å². The zero-order valence-electron chi connectivity index (χ0n) is 14.9. The lowest BCUT2D eigenvalue weighted by Crippen LogP contribution is -2.04. The monoisotopic (exact) mass is 368 g/mol. The van der Waals surface area contributed by atoms with Gasteiger partial charge in [-0.3, -0.25) is 0 Å². The molecule has 134 valence electrons. The van der Waals surface area contributed by atoms with Crippen LogP contribution in [0.25, 0.3) is 10.2 Å². The van der Waals surface area contributed by atoms with Crippen LogP contribution in [0, 0.1) is 6.92 Å². The highest BCUT2D eigenvalue weighted by Crippen LogP contribution is 2.40. The first-order chi connectivity index (χ1) is 12.7. The predicted octanol–water partition coefficient (Wildman–Crippen LogP) is 4.85. The van der Waals surface area contributed by atoms with Crippen molar-refractivity contribution < 1.29 is 14.3 Å². The maximum Gasteiger partial charge on any atom is 0.338 e. The summed E-state index contributed by atoms with van der Waals surface area (Å²) in [6.07, 6.45) is 4.56. The Labute approximate surface area is 156 Å². The van der Waals surface area contributed by atoms with Gasteiger partial charge in [-0.25, -0.2) is 9.78 Å². The molecule has 0 aliphatic heterocycles. The van der Waals surface area contributed by atoms with Crippen LogP contribution in [0.3, 0.4) is 0 Å². The quantitative estimate of drug-likeness (QED) is 0.616. The minimum absolute atomic E-state index is 0.344. The second-order valence-corrected chi connectivity index (χ2v) is 7.40. The van der Waals surface area contributed by atoms with Crippen molar-refractivity contribution in [2.75, 3.05) is 6.61 Å². The number of nitrogens with zero attached hydrogens (tertiary/aromatic N) is 2. The van der Waals surface area contributed by atoms with Crippen LogP contribution in [0.2, 0.25) is 0 Å². The molecule has 1 aromatic carbocycles. The Bertz CT molecular complexity index is 981. The Morgan fingerprint density at radius 1 is 1.23 bits per heavy atom. The van der Waals surface area contributed by atoms with Gasteiger partial charge in [-0.2, -0.15) is 4.98 Å². The van der Waals surface area contributed by atoms with Crippen molar-refractivity contribution in [2.45, 2.75) is 39.5 Å². The summed E-state index contributed by atoms with van der Waals surface area (Å²) in [5, 5.41) is 1.02. The molecule has 1 aliphatic rings. The molecule has 0 N–H and O–H groups in total.